The smallest absolute Gasteiger partial charge is 0.333 e. The molecule has 2 heterocycles. The molecule has 2 aromatic carbocycles. The van der Waals surface area contributed by atoms with Crippen LogP contribution >= 0.6 is 11.8 Å². The zero-order valence-electron chi connectivity index (χ0n) is 18.2. The molecule has 0 bridgehead atoms. The molecule has 1 atom stereocenters. The number of para-hydroxylation sites is 1. The van der Waals surface area contributed by atoms with Crippen molar-refractivity contribution in [1.29, 1.82) is 0 Å². The van der Waals surface area contributed by atoms with E-state index in [-0.39, 0.29) is 10.8 Å². The van der Waals surface area contributed by atoms with Gasteiger partial charge in [0.25, 0.3) is 5.56 Å². The van der Waals surface area contributed by atoms with Gasteiger partial charge in [-0.3, -0.25) is 18.9 Å². The van der Waals surface area contributed by atoms with E-state index in [2.05, 4.69) is 0 Å². The number of aromatic hydroxyl groups is 1. The van der Waals surface area contributed by atoms with Gasteiger partial charge in [-0.2, -0.15) is 0 Å². The number of hydrogen-bond acceptors (Lipinski definition) is 7. The number of aliphatic imine (C=N–C) groups is 1. The Labute approximate surface area is 188 Å². The van der Waals surface area contributed by atoms with Crippen LogP contribution in [0.1, 0.15) is 22.8 Å². The summed E-state index contributed by atoms with van der Waals surface area (Å²) in [6, 6.07) is 13.2. The Morgan fingerprint density at radius 3 is 2.53 bits per heavy atom. The third kappa shape index (κ3) is 3.69. The Morgan fingerprint density at radius 2 is 1.81 bits per heavy atom. The normalized spacial score (nSPS) is 15.5. The lowest BCUT2D eigenvalue weighted by atomic mass is 10.0. The Hall–Kier alpha value is -3.46. The lowest BCUT2D eigenvalue weighted by molar-refractivity contribution is 0.398. The van der Waals surface area contributed by atoms with Crippen LogP contribution in [0.15, 0.2) is 61.9 Å². The molecule has 0 spiro atoms. The molecular formula is C23H23N3O5S. The predicted octanol–water partition coefficient (Wildman–Crippen LogP) is 3.16. The van der Waals surface area contributed by atoms with Crippen LogP contribution in [-0.4, -0.2) is 34.2 Å². The van der Waals surface area contributed by atoms with Gasteiger partial charge in [0.15, 0.2) is 0 Å². The second kappa shape index (κ2) is 8.58. The van der Waals surface area contributed by atoms with Gasteiger partial charge in [0, 0.05) is 36.2 Å². The van der Waals surface area contributed by atoms with E-state index in [1.165, 1.54) is 14.1 Å². The molecule has 0 radical (unpaired) electrons. The molecule has 9 heteroatoms. The molecule has 1 aliphatic rings. The minimum atomic E-state index is -0.605. The molecule has 8 nitrogen and oxygen atoms in total. The van der Waals surface area contributed by atoms with E-state index in [0.29, 0.717) is 29.3 Å². The average Bonchev–Trinajstić information content (AvgIpc) is 3.00. The monoisotopic (exact) mass is 453 g/mol. The number of fused-ring (bicyclic) bond motifs is 1. The minimum absolute atomic E-state index is 0.0127. The molecule has 0 saturated heterocycles. The van der Waals surface area contributed by atoms with Gasteiger partial charge in [0.05, 0.1) is 25.6 Å². The van der Waals surface area contributed by atoms with Crippen molar-refractivity contribution in [3.05, 3.63) is 74.4 Å². The van der Waals surface area contributed by atoms with Crippen LogP contribution in [-0.2, 0) is 14.1 Å². The number of methoxy groups -OCH3 is 2. The van der Waals surface area contributed by atoms with Crippen molar-refractivity contribution in [1.82, 2.24) is 9.13 Å². The molecule has 1 unspecified atom stereocenters. The summed E-state index contributed by atoms with van der Waals surface area (Å²) in [7, 11) is 6.00. The first-order valence-corrected chi connectivity index (χ1v) is 10.8. The number of benzene rings is 2. The fourth-order valence-corrected chi connectivity index (χ4v) is 4.97. The van der Waals surface area contributed by atoms with E-state index < -0.39 is 17.1 Å². The number of rotatable bonds is 4. The summed E-state index contributed by atoms with van der Waals surface area (Å²) < 4.78 is 13.0. The fourth-order valence-electron chi connectivity index (χ4n) is 3.72. The van der Waals surface area contributed by atoms with Crippen LogP contribution in [0.5, 0.6) is 17.4 Å². The van der Waals surface area contributed by atoms with E-state index in [9.17, 15) is 14.7 Å². The number of nitrogens with zero attached hydrogens (tertiary/aromatic N) is 3. The molecule has 0 fully saturated rings. The van der Waals surface area contributed by atoms with Crippen molar-refractivity contribution < 1.29 is 14.6 Å². The molecule has 1 N–H and O–H groups in total. The molecule has 0 amide bonds. The molecule has 0 aliphatic carbocycles. The number of hydrogen-bond donors (Lipinski definition) is 1. The maximum Gasteiger partial charge on any atom is 0.333 e. The van der Waals surface area contributed by atoms with Crippen molar-refractivity contribution in [2.24, 2.45) is 19.1 Å². The number of ether oxygens (including phenoxy) is 2. The van der Waals surface area contributed by atoms with Crippen LogP contribution in [0.4, 0.5) is 5.69 Å². The maximum atomic E-state index is 13.0. The molecule has 166 valence electrons. The van der Waals surface area contributed by atoms with Gasteiger partial charge in [0.2, 0.25) is 5.88 Å². The van der Waals surface area contributed by atoms with Gasteiger partial charge in [-0.15, -0.1) is 11.8 Å². The van der Waals surface area contributed by atoms with E-state index in [1.54, 1.807) is 26.0 Å². The molecule has 32 heavy (non-hydrogen) atoms. The van der Waals surface area contributed by atoms with Gasteiger partial charge < -0.3 is 14.6 Å². The van der Waals surface area contributed by atoms with E-state index in [4.69, 9.17) is 14.5 Å². The third-order valence-corrected chi connectivity index (χ3v) is 6.78. The summed E-state index contributed by atoms with van der Waals surface area (Å²) in [5, 5.41) is 10.5. The minimum Gasteiger partial charge on any atom is -0.497 e. The van der Waals surface area contributed by atoms with Gasteiger partial charge in [0.1, 0.15) is 17.1 Å². The van der Waals surface area contributed by atoms with Crippen LogP contribution < -0.4 is 20.7 Å². The molecule has 3 aromatic rings. The standard InChI is InChI=1S/C23H23N3O5S/c1-25-21(27)20(22(28)26(2)23(25)29)16-12-19(32-18-8-6-5-7-15(18)24-16)14-11-13(30-3)9-10-17(14)31-4/h5-11,19,27H,12H2,1-4H3. The Kier molecular flexibility index (Phi) is 5.84. The second-order valence-electron chi connectivity index (χ2n) is 7.35. The molecule has 4 rings (SSSR count). The van der Waals surface area contributed by atoms with Gasteiger partial charge in [-0.1, -0.05) is 12.1 Å². The topological polar surface area (TPSA) is 95.0 Å². The van der Waals surface area contributed by atoms with Crippen LogP contribution in [0.2, 0.25) is 0 Å². The molecule has 0 saturated carbocycles. The second-order valence-corrected chi connectivity index (χ2v) is 8.59. The maximum absolute atomic E-state index is 13.0. The zero-order chi connectivity index (χ0) is 23.0. The SMILES string of the molecule is COc1ccc(OC)c(C2CC(c3c(O)n(C)c(=O)n(C)c3=O)=Nc3ccccc3S2)c1. The highest BCUT2D eigenvalue weighted by Gasteiger charge is 2.29. The Balaban J connectivity index is 1.95. The van der Waals surface area contributed by atoms with Crippen molar-refractivity contribution in [3.63, 3.8) is 0 Å². The summed E-state index contributed by atoms with van der Waals surface area (Å²) in [4.78, 5) is 30.9. The van der Waals surface area contributed by atoms with Crippen LogP contribution in [0.3, 0.4) is 0 Å². The third-order valence-electron chi connectivity index (χ3n) is 5.47. The van der Waals surface area contributed by atoms with E-state index in [0.717, 1.165) is 19.6 Å². The highest BCUT2D eigenvalue weighted by atomic mass is 32.2. The number of thioether (sulfide) groups is 1. The first-order valence-electron chi connectivity index (χ1n) is 9.90. The lowest BCUT2D eigenvalue weighted by Crippen LogP contribution is -2.40. The van der Waals surface area contributed by atoms with Crippen LogP contribution in [0.25, 0.3) is 0 Å². The zero-order valence-corrected chi connectivity index (χ0v) is 19.0. The van der Waals surface area contributed by atoms with E-state index in [1.807, 2.05) is 42.5 Å². The fraction of sp³-hybridized carbons (Fsp3) is 0.261. The Bertz CT molecular complexity index is 1340. The summed E-state index contributed by atoms with van der Waals surface area (Å²) in [5.74, 6) is 0.954. The summed E-state index contributed by atoms with van der Waals surface area (Å²) in [6.45, 7) is 0. The quantitative estimate of drug-likeness (QED) is 0.652. The first-order chi connectivity index (χ1) is 15.3. The average molecular weight is 454 g/mol. The molecule has 1 aromatic heterocycles. The summed E-state index contributed by atoms with van der Waals surface area (Å²) >= 11 is 1.59. The first kappa shape index (κ1) is 21.8. The highest BCUT2D eigenvalue weighted by molar-refractivity contribution is 7.99. The van der Waals surface area contributed by atoms with Crippen molar-refractivity contribution in [2.45, 2.75) is 16.6 Å². The largest absolute Gasteiger partial charge is 0.497 e. The molecule has 1 aliphatic heterocycles. The summed E-state index contributed by atoms with van der Waals surface area (Å²) in [5.41, 5.74) is 0.774. The van der Waals surface area contributed by atoms with Gasteiger partial charge in [-0.05, 0) is 30.3 Å². The van der Waals surface area contributed by atoms with Crippen molar-refractivity contribution in [3.8, 4) is 17.4 Å². The van der Waals surface area contributed by atoms with Gasteiger partial charge in [-0.25, -0.2) is 4.79 Å². The highest BCUT2D eigenvalue weighted by Crippen LogP contribution is 2.48. The van der Waals surface area contributed by atoms with Gasteiger partial charge >= 0.3 is 5.69 Å². The predicted molar refractivity (Wildman–Crippen MR) is 124 cm³/mol. The Morgan fingerprint density at radius 1 is 1.06 bits per heavy atom. The van der Waals surface area contributed by atoms with Crippen LogP contribution in [0, 0.1) is 0 Å². The number of aromatic nitrogens is 2. The molecular weight excluding hydrogens is 430 g/mol. The van der Waals surface area contributed by atoms with Crippen molar-refractivity contribution >= 4 is 23.2 Å². The van der Waals surface area contributed by atoms with E-state index >= 15 is 0 Å². The summed E-state index contributed by atoms with van der Waals surface area (Å²) in [6.07, 6.45) is 0.323. The van der Waals surface area contributed by atoms with Crippen molar-refractivity contribution in [2.75, 3.05) is 14.2 Å². The lowest BCUT2D eigenvalue weighted by Gasteiger charge is -2.20.